The minimum absolute atomic E-state index is 0.0538. The Balaban J connectivity index is 2.38. The fourth-order valence-corrected chi connectivity index (χ4v) is 2.08. The van der Waals surface area contributed by atoms with E-state index < -0.39 is 44.5 Å². The molecule has 0 amide bonds. The number of esters is 2. The Morgan fingerprint density at radius 2 is 1.48 bits per heavy atom. The summed E-state index contributed by atoms with van der Waals surface area (Å²) < 4.78 is 9.76. The number of hydrogen-bond donors (Lipinski definition) is 1. The number of carbonyl (C=O) groups excluding carboxylic acids is 2. The Hall–Kier alpha value is -3.50. The van der Waals surface area contributed by atoms with Gasteiger partial charge in [0.25, 0.3) is 17.2 Å². The maximum atomic E-state index is 11.8. The SMILES string of the molecule is Cc1c([N+](=O)[O-])cc(NC=C2C(=O)OC(C)(C)OC2=O)cc1[N+](=O)[O-]. The second-order valence-corrected chi connectivity index (χ2v) is 5.53. The molecule has 1 aromatic carbocycles. The van der Waals surface area contributed by atoms with Crippen molar-refractivity contribution in [3.63, 3.8) is 0 Å². The number of nitrogens with zero attached hydrogens (tertiary/aromatic N) is 2. The number of benzene rings is 1. The summed E-state index contributed by atoms with van der Waals surface area (Å²) in [5.74, 6) is -3.32. The van der Waals surface area contributed by atoms with Crippen LogP contribution in [0.3, 0.4) is 0 Å². The highest BCUT2D eigenvalue weighted by atomic mass is 16.7. The summed E-state index contributed by atoms with van der Waals surface area (Å²) in [5.41, 5.74) is -1.62. The van der Waals surface area contributed by atoms with E-state index in [0.717, 1.165) is 18.3 Å². The van der Waals surface area contributed by atoms with E-state index in [1.165, 1.54) is 20.8 Å². The molecule has 1 aliphatic rings. The lowest BCUT2D eigenvalue weighted by atomic mass is 10.1. The van der Waals surface area contributed by atoms with Crippen LogP contribution in [0.1, 0.15) is 19.4 Å². The molecule has 0 atom stereocenters. The molecular formula is C14H13N3O8. The molecule has 0 spiro atoms. The van der Waals surface area contributed by atoms with Crippen LogP contribution >= 0.6 is 0 Å². The number of nitro groups is 2. The van der Waals surface area contributed by atoms with Crippen LogP contribution in [0.25, 0.3) is 0 Å². The smallest absolute Gasteiger partial charge is 0.350 e. The molecule has 11 nitrogen and oxygen atoms in total. The molecule has 1 aromatic rings. The molecule has 0 unspecified atom stereocenters. The zero-order valence-electron chi connectivity index (χ0n) is 13.4. The molecule has 0 aromatic heterocycles. The molecule has 1 N–H and O–H groups in total. The number of anilines is 1. The summed E-state index contributed by atoms with van der Waals surface area (Å²) in [5, 5.41) is 24.5. The summed E-state index contributed by atoms with van der Waals surface area (Å²) in [7, 11) is 0. The van der Waals surface area contributed by atoms with E-state index in [9.17, 15) is 29.8 Å². The van der Waals surface area contributed by atoms with Crippen molar-refractivity contribution in [2.45, 2.75) is 26.6 Å². The minimum Gasteiger partial charge on any atom is -0.419 e. The average molecular weight is 351 g/mol. The van der Waals surface area contributed by atoms with Crippen LogP contribution in [0.4, 0.5) is 17.1 Å². The zero-order valence-corrected chi connectivity index (χ0v) is 13.4. The topological polar surface area (TPSA) is 151 Å². The minimum atomic E-state index is -1.41. The van der Waals surface area contributed by atoms with E-state index in [1.54, 1.807) is 0 Å². The summed E-state index contributed by atoms with van der Waals surface area (Å²) in [6.07, 6.45) is 0.915. The number of nitrogens with one attached hydrogen (secondary N) is 1. The number of hydrogen-bond acceptors (Lipinski definition) is 9. The van der Waals surface area contributed by atoms with Gasteiger partial charge in [0, 0.05) is 32.2 Å². The predicted molar refractivity (Wildman–Crippen MR) is 82.5 cm³/mol. The quantitative estimate of drug-likeness (QED) is 0.282. The second kappa shape index (κ2) is 6.19. The van der Waals surface area contributed by atoms with Gasteiger partial charge < -0.3 is 14.8 Å². The van der Waals surface area contributed by atoms with Crippen molar-refractivity contribution < 1.29 is 28.9 Å². The van der Waals surface area contributed by atoms with Gasteiger partial charge in [0.2, 0.25) is 0 Å². The third-order valence-corrected chi connectivity index (χ3v) is 3.25. The predicted octanol–water partition coefficient (Wildman–Crippen LogP) is 1.94. The molecule has 1 heterocycles. The summed E-state index contributed by atoms with van der Waals surface area (Å²) >= 11 is 0. The van der Waals surface area contributed by atoms with Crippen molar-refractivity contribution in [1.82, 2.24) is 0 Å². The van der Waals surface area contributed by atoms with Gasteiger partial charge in [-0.1, -0.05) is 0 Å². The van der Waals surface area contributed by atoms with Gasteiger partial charge in [0.1, 0.15) is 5.56 Å². The van der Waals surface area contributed by atoms with Gasteiger partial charge in [-0.2, -0.15) is 0 Å². The maximum Gasteiger partial charge on any atom is 0.350 e. The van der Waals surface area contributed by atoms with Gasteiger partial charge in [0.15, 0.2) is 5.57 Å². The van der Waals surface area contributed by atoms with E-state index in [0.29, 0.717) is 0 Å². The Kier molecular flexibility index (Phi) is 4.42. The maximum absolute atomic E-state index is 11.8. The fraction of sp³-hybridized carbons (Fsp3) is 0.286. The summed E-state index contributed by atoms with van der Waals surface area (Å²) in [4.78, 5) is 44.1. The molecular weight excluding hydrogens is 338 g/mol. The van der Waals surface area contributed by atoms with Gasteiger partial charge in [-0.25, -0.2) is 9.59 Å². The van der Waals surface area contributed by atoms with Crippen molar-refractivity contribution in [3.8, 4) is 0 Å². The largest absolute Gasteiger partial charge is 0.419 e. The van der Waals surface area contributed by atoms with Crippen LogP contribution in [-0.4, -0.2) is 27.6 Å². The number of cyclic esters (lactones) is 2. The van der Waals surface area contributed by atoms with E-state index in [-0.39, 0.29) is 11.3 Å². The third kappa shape index (κ3) is 3.71. The number of nitro benzene ring substituents is 2. The van der Waals surface area contributed by atoms with E-state index >= 15 is 0 Å². The molecule has 0 bridgehead atoms. The normalized spacial score (nSPS) is 15.9. The Morgan fingerprint density at radius 3 is 1.88 bits per heavy atom. The van der Waals surface area contributed by atoms with Crippen molar-refractivity contribution >= 4 is 29.0 Å². The molecule has 132 valence electrons. The highest BCUT2D eigenvalue weighted by Gasteiger charge is 2.39. The summed E-state index contributed by atoms with van der Waals surface area (Å²) in [6.45, 7) is 4.00. The fourth-order valence-electron chi connectivity index (χ4n) is 2.08. The van der Waals surface area contributed by atoms with Crippen molar-refractivity contribution in [2.24, 2.45) is 0 Å². The van der Waals surface area contributed by atoms with Gasteiger partial charge in [-0.15, -0.1) is 0 Å². The molecule has 1 saturated heterocycles. The first-order chi connectivity index (χ1) is 11.5. The second-order valence-electron chi connectivity index (χ2n) is 5.53. The molecule has 2 rings (SSSR count). The number of rotatable bonds is 4. The lowest BCUT2D eigenvalue weighted by molar-refractivity contribution is -0.395. The first-order valence-corrected chi connectivity index (χ1v) is 6.88. The van der Waals surface area contributed by atoms with Crippen LogP contribution in [0.5, 0.6) is 0 Å². The first kappa shape index (κ1) is 17.8. The van der Waals surface area contributed by atoms with E-state index in [2.05, 4.69) is 5.32 Å². The van der Waals surface area contributed by atoms with Crippen molar-refractivity contribution in [3.05, 3.63) is 49.7 Å². The highest BCUT2D eigenvalue weighted by molar-refractivity contribution is 6.15. The standard InChI is InChI=1S/C14H13N3O8/c1-7-10(16(20)21)4-8(5-11(7)17(22)23)15-6-9-12(18)24-14(2,3)25-13(9)19/h4-6,15H,1-3H3. The van der Waals surface area contributed by atoms with Gasteiger partial charge in [0.05, 0.1) is 15.5 Å². The molecule has 1 fully saturated rings. The van der Waals surface area contributed by atoms with Gasteiger partial charge >= 0.3 is 11.9 Å². The molecule has 25 heavy (non-hydrogen) atoms. The lowest BCUT2D eigenvalue weighted by Crippen LogP contribution is -2.42. The third-order valence-electron chi connectivity index (χ3n) is 3.25. The van der Waals surface area contributed by atoms with Crippen LogP contribution < -0.4 is 5.32 Å². The molecule has 0 aliphatic carbocycles. The lowest BCUT2D eigenvalue weighted by Gasteiger charge is -2.29. The number of carbonyl (C=O) groups is 2. The first-order valence-electron chi connectivity index (χ1n) is 6.88. The summed E-state index contributed by atoms with van der Waals surface area (Å²) in [6, 6.07) is 2.09. The van der Waals surface area contributed by atoms with Gasteiger partial charge in [-0.05, 0) is 6.92 Å². The number of ether oxygens (including phenoxy) is 2. The zero-order chi connectivity index (χ0) is 18.9. The van der Waals surface area contributed by atoms with Crippen molar-refractivity contribution in [2.75, 3.05) is 5.32 Å². The average Bonchev–Trinajstić information content (AvgIpc) is 2.45. The Bertz CT molecular complexity index is 770. The molecule has 0 radical (unpaired) electrons. The monoisotopic (exact) mass is 351 g/mol. The molecule has 1 aliphatic heterocycles. The van der Waals surface area contributed by atoms with Crippen LogP contribution in [0.15, 0.2) is 23.9 Å². The molecule has 0 saturated carbocycles. The van der Waals surface area contributed by atoms with Crippen LogP contribution in [-0.2, 0) is 19.1 Å². The van der Waals surface area contributed by atoms with Crippen LogP contribution in [0.2, 0.25) is 0 Å². The van der Waals surface area contributed by atoms with E-state index in [1.807, 2.05) is 0 Å². The van der Waals surface area contributed by atoms with Gasteiger partial charge in [-0.3, -0.25) is 20.2 Å². The van der Waals surface area contributed by atoms with Crippen molar-refractivity contribution in [1.29, 1.82) is 0 Å². The molecule has 11 heteroatoms. The van der Waals surface area contributed by atoms with E-state index in [4.69, 9.17) is 9.47 Å². The van der Waals surface area contributed by atoms with Crippen LogP contribution in [0, 0.1) is 27.2 Å². The highest BCUT2D eigenvalue weighted by Crippen LogP contribution is 2.32. The Morgan fingerprint density at radius 1 is 1.04 bits per heavy atom. The Labute approximate surface area is 140 Å².